The second kappa shape index (κ2) is 4.48. The van der Waals surface area contributed by atoms with Gasteiger partial charge in [-0.3, -0.25) is 0 Å². The van der Waals surface area contributed by atoms with E-state index < -0.39 is 0 Å². The fraction of sp³-hybridized carbons (Fsp3) is 0.600. The smallest absolute Gasteiger partial charge is 0.0345 e. The Labute approximate surface area is 99.3 Å². The third kappa shape index (κ3) is 2.58. The molecule has 1 fully saturated rings. The van der Waals surface area contributed by atoms with E-state index in [9.17, 15) is 0 Å². The highest BCUT2D eigenvalue weighted by atomic mass is 14.9. The zero-order chi connectivity index (χ0) is 11.6. The number of benzene rings is 1. The Hall–Kier alpha value is -0.980. The predicted molar refractivity (Wildman–Crippen MR) is 70.8 cm³/mol. The second-order valence-electron chi connectivity index (χ2n) is 5.80. The van der Waals surface area contributed by atoms with Crippen molar-refractivity contribution in [2.24, 2.45) is 5.41 Å². The standard InChI is InChI=1S/C15H23N/c1-12-7-6-8-13(11-12)16-14-9-4-5-10-15(14,2)3/h6-8,11,14,16H,4-5,9-10H2,1-3H3. The first-order valence-electron chi connectivity index (χ1n) is 6.41. The fourth-order valence-electron chi connectivity index (χ4n) is 2.70. The molecule has 1 aromatic rings. The van der Waals surface area contributed by atoms with E-state index in [1.807, 2.05) is 0 Å². The van der Waals surface area contributed by atoms with Crippen molar-refractivity contribution in [3.05, 3.63) is 29.8 Å². The maximum absolute atomic E-state index is 3.71. The van der Waals surface area contributed by atoms with Crippen molar-refractivity contribution in [2.75, 3.05) is 5.32 Å². The maximum atomic E-state index is 3.71. The lowest BCUT2D eigenvalue weighted by Gasteiger charge is -2.39. The molecule has 0 heterocycles. The summed E-state index contributed by atoms with van der Waals surface area (Å²) in [5.41, 5.74) is 3.04. The Kier molecular flexibility index (Phi) is 3.22. The van der Waals surface area contributed by atoms with Crippen LogP contribution in [-0.2, 0) is 0 Å². The SMILES string of the molecule is Cc1cccc(NC2CCCCC2(C)C)c1. The summed E-state index contributed by atoms with van der Waals surface area (Å²) in [5, 5.41) is 3.71. The van der Waals surface area contributed by atoms with Crippen molar-refractivity contribution in [1.82, 2.24) is 0 Å². The van der Waals surface area contributed by atoms with E-state index in [2.05, 4.69) is 50.4 Å². The summed E-state index contributed by atoms with van der Waals surface area (Å²) in [4.78, 5) is 0. The summed E-state index contributed by atoms with van der Waals surface area (Å²) in [6, 6.07) is 9.33. The predicted octanol–water partition coefficient (Wildman–Crippen LogP) is 4.38. The third-order valence-electron chi connectivity index (χ3n) is 3.87. The van der Waals surface area contributed by atoms with Gasteiger partial charge in [0.1, 0.15) is 0 Å². The average molecular weight is 217 g/mol. The molecule has 1 saturated carbocycles. The monoisotopic (exact) mass is 217 g/mol. The Bertz CT molecular complexity index is 354. The van der Waals surface area contributed by atoms with Crippen molar-refractivity contribution in [3.63, 3.8) is 0 Å². The normalized spacial score (nSPS) is 24.1. The highest BCUT2D eigenvalue weighted by Crippen LogP contribution is 2.37. The first kappa shape index (κ1) is 11.5. The number of rotatable bonds is 2. The minimum absolute atomic E-state index is 0.433. The largest absolute Gasteiger partial charge is 0.382 e. The molecule has 0 radical (unpaired) electrons. The number of aryl methyl sites for hydroxylation is 1. The Morgan fingerprint density at radius 1 is 1.25 bits per heavy atom. The van der Waals surface area contributed by atoms with Crippen LogP contribution in [0.25, 0.3) is 0 Å². The molecule has 1 aliphatic carbocycles. The van der Waals surface area contributed by atoms with Crippen LogP contribution < -0.4 is 5.32 Å². The van der Waals surface area contributed by atoms with Gasteiger partial charge in [-0.2, -0.15) is 0 Å². The van der Waals surface area contributed by atoms with Crippen molar-refractivity contribution < 1.29 is 0 Å². The molecule has 0 spiro atoms. The maximum Gasteiger partial charge on any atom is 0.0345 e. The molecule has 1 N–H and O–H groups in total. The zero-order valence-corrected chi connectivity index (χ0v) is 10.7. The van der Waals surface area contributed by atoms with Gasteiger partial charge in [-0.1, -0.05) is 38.8 Å². The summed E-state index contributed by atoms with van der Waals surface area (Å²) in [7, 11) is 0. The van der Waals surface area contributed by atoms with Crippen molar-refractivity contribution in [2.45, 2.75) is 52.5 Å². The molecule has 1 aliphatic rings. The zero-order valence-electron chi connectivity index (χ0n) is 10.7. The topological polar surface area (TPSA) is 12.0 Å². The summed E-state index contributed by atoms with van der Waals surface area (Å²) < 4.78 is 0. The lowest BCUT2D eigenvalue weighted by molar-refractivity contribution is 0.217. The van der Waals surface area contributed by atoms with Crippen LogP contribution in [0, 0.1) is 12.3 Å². The second-order valence-corrected chi connectivity index (χ2v) is 5.80. The Morgan fingerprint density at radius 2 is 2.06 bits per heavy atom. The first-order valence-corrected chi connectivity index (χ1v) is 6.41. The molecular weight excluding hydrogens is 194 g/mol. The fourth-order valence-corrected chi connectivity index (χ4v) is 2.70. The third-order valence-corrected chi connectivity index (χ3v) is 3.87. The molecule has 1 unspecified atom stereocenters. The van der Waals surface area contributed by atoms with Crippen LogP contribution in [-0.4, -0.2) is 6.04 Å². The van der Waals surface area contributed by atoms with Gasteiger partial charge in [0.15, 0.2) is 0 Å². The van der Waals surface area contributed by atoms with Gasteiger partial charge in [0.2, 0.25) is 0 Å². The van der Waals surface area contributed by atoms with E-state index in [1.165, 1.54) is 36.9 Å². The van der Waals surface area contributed by atoms with E-state index in [4.69, 9.17) is 0 Å². The molecule has 88 valence electrons. The van der Waals surface area contributed by atoms with Crippen molar-refractivity contribution >= 4 is 5.69 Å². The van der Waals surface area contributed by atoms with E-state index in [0.29, 0.717) is 11.5 Å². The molecule has 0 bridgehead atoms. The summed E-state index contributed by atoms with van der Waals surface area (Å²) in [6.45, 7) is 6.93. The van der Waals surface area contributed by atoms with Crippen LogP contribution >= 0.6 is 0 Å². The first-order chi connectivity index (χ1) is 7.58. The number of hydrogen-bond acceptors (Lipinski definition) is 1. The highest BCUT2D eigenvalue weighted by molar-refractivity contribution is 5.46. The minimum Gasteiger partial charge on any atom is -0.382 e. The molecule has 0 amide bonds. The molecular formula is C15H23N. The van der Waals surface area contributed by atoms with Gasteiger partial charge in [-0.15, -0.1) is 0 Å². The molecule has 1 nitrogen and oxygen atoms in total. The van der Waals surface area contributed by atoms with Crippen LogP contribution in [0.4, 0.5) is 5.69 Å². The van der Waals surface area contributed by atoms with Crippen LogP contribution in [0.1, 0.15) is 45.1 Å². The van der Waals surface area contributed by atoms with Gasteiger partial charge in [-0.05, 0) is 42.9 Å². The lowest BCUT2D eigenvalue weighted by atomic mass is 9.73. The van der Waals surface area contributed by atoms with Crippen LogP contribution in [0.5, 0.6) is 0 Å². The quantitative estimate of drug-likeness (QED) is 0.775. The molecule has 1 aromatic carbocycles. The van der Waals surface area contributed by atoms with Crippen molar-refractivity contribution in [1.29, 1.82) is 0 Å². The molecule has 1 heteroatoms. The highest BCUT2D eigenvalue weighted by Gasteiger charge is 2.31. The van der Waals surface area contributed by atoms with Gasteiger partial charge in [0.05, 0.1) is 0 Å². The Balaban J connectivity index is 2.08. The average Bonchev–Trinajstić information content (AvgIpc) is 2.21. The van der Waals surface area contributed by atoms with E-state index in [1.54, 1.807) is 0 Å². The Morgan fingerprint density at radius 3 is 2.75 bits per heavy atom. The summed E-state index contributed by atoms with van der Waals surface area (Å²) in [6.07, 6.45) is 5.41. The van der Waals surface area contributed by atoms with Crippen LogP contribution in [0.3, 0.4) is 0 Å². The van der Waals surface area contributed by atoms with Crippen molar-refractivity contribution in [3.8, 4) is 0 Å². The molecule has 0 aliphatic heterocycles. The van der Waals surface area contributed by atoms with E-state index in [-0.39, 0.29) is 0 Å². The number of anilines is 1. The number of hydrogen-bond donors (Lipinski definition) is 1. The summed E-state index contributed by atoms with van der Waals surface area (Å²) in [5.74, 6) is 0. The summed E-state index contributed by atoms with van der Waals surface area (Å²) >= 11 is 0. The molecule has 0 aromatic heterocycles. The van der Waals surface area contributed by atoms with E-state index >= 15 is 0 Å². The van der Waals surface area contributed by atoms with E-state index in [0.717, 1.165) is 0 Å². The van der Waals surface area contributed by atoms with Gasteiger partial charge < -0.3 is 5.32 Å². The molecule has 0 saturated heterocycles. The van der Waals surface area contributed by atoms with Crippen LogP contribution in [0.2, 0.25) is 0 Å². The van der Waals surface area contributed by atoms with Gasteiger partial charge in [0, 0.05) is 11.7 Å². The van der Waals surface area contributed by atoms with Gasteiger partial charge in [-0.25, -0.2) is 0 Å². The molecule has 1 atom stereocenters. The van der Waals surface area contributed by atoms with Crippen LogP contribution in [0.15, 0.2) is 24.3 Å². The number of nitrogens with one attached hydrogen (secondary N) is 1. The minimum atomic E-state index is 0.433. The molecule has 16 heavy (non-hydrogen) atoms. The lowest BCUT2D eigenvalue weighted by Crippen LogP contribution is -2.38. The molecule has 2 rings (SSSR count). The van der Waals surface area contributed by atoms with Gasteiger partial charge in [0.25, 0.3) is 0 Å². The van der Waals surface area contributed by atoms with Gasteiger partial charge >= 0.3 is 0 Å².